The number of rotatable bonds is 5. The lowest BCUT2D eigenvalue weighted by Crippen LogP contribution is -2.38. The molecule has 1 saturated carbocycles. The fourth-order valence-corrected chi connectivity index (χ4v) is 3.32. The van der Waals surface area contributed by atoms with Gasteiger partial charge < -0.3 is 10.2 Å². The van der Waals surface area contributed by atoms with Gasteiger partial charge in [-0.25, -0.2) is 0 Å². The number of hydrogen-bond donors (Lipinski definition) is 2. The van der Waals surface area contributed by atoms with Crippen molar-refractivity contribution in [3.63, 3.8) is 0 Å². The summed E-state index contributed by atoms with van der Waals surface area (Å²) in [5.74, 6) is 0.755. The van der Waals surface area contributed by atoms with Crippen LogP contribution in [0.5, 0.6) is 0 Å². The summed E-state index contributed by atoms with van der Waals surface area (Å²) in [5, 5.41) is 19.3. The Labute approximate surface area is 98.5 Å². The number of aliphatic hydroxyl groups excluding tert-OH is 2. The third-order valence-electron chi connectivity index (χ3n) is 4.24. The minimum absolute atomic E-state index is 0.185. The normalized spacial score (nSPS) is 30.0. The minimum Gasteiger partial charge on any atom is -0.395 e. The molecule has 0 spiro atoms. The maximum absolute atomic E-state index is 10.1. The zero-order chi connectivity index (χ0) is 11.4. The second kappa shape index (κ2) is 5.99. The van der Waals surface area contributed by atoms with Crippen molar-refractivity contribution < 1.29 is 10.2 Å². The van der Waals surface area contributed by atoms with Gasteiger partial charge in [0.05, 0.1) is 12.7 Å². The largest absolute Gasteiger partial charge is 0.395 e. The summed E-state index contributed by atoms with van der Waals surface area (Å²) in [4.78, 5) is 2.26. The fraction of sp³-hybridized carbons (Fsp3) is 1.00. The molecule has 2 fully saturated rings. The van der Waals surface area contributed by atoms with Gasteiger partial charge in [-0.3, -0.25) is 4.90 Å². The van der Waals surface area contributed by atoms with Crippen LogP contribution in [-0.2, 0) is 0 Å². The molecule has 1 heterocycles. The van der Waals surface area contributed by atoms with Crippen molar-refractivity contribution >= 4 is 0 Å². The number of β-amino-alcohol motifs (C(OH)–C–C–N with tert-alkyl or cyclic N) is 1. The summed E-state index contributed by atoms with van der Waals surface area (Å²) in [5.41, 5.74) is 0. The Hall–Kier alpha value is -0.120. The SMILES string of the molecule is OC[C@H]1CCCN1CC(O)CC1CCCC1. The molecule has 1 aliphatic carbocycles. The van der Waals surface area contributed by atoms with Crippen LogP contribution in [0.4, 0.5) is 0 Å². The van der Waals surface area contributed by atoms with E-state index < -0.39 is 0 Å². The second-order valence-corrected chi connectivity index (χ2v) is 5.51. The fourth-order valence-electron chi connectivity index (χ4n) is 3.32. The Morgan fingerprint density at radius 3 is 2.56 bits per heavy atom. The number of likely N-dealkylation sites (tertiary alicyclic amines) is 1. The molecular formula is C13H25NO2. The lowest BCUT2D eigenvalue weighted by molar-refractivity contribution is 0.0703. The molecular weight excluding hydrogens is 202 g/mol. The molecule has 1 unspecified atom stereocenters. The van der Waals surface area contributed by atoms with Crippen LogP contribution >= 0.6 is 0 Å². The van der Waals surface area contributed by atoms with Crippen LogP contribution in [0.1, 0.15) is 44.9 Å². The Bertz CT molecular complexity index is 204. The highest BCUT2D eigenvalue weighted by atomic mass is 16.3. The van der Waals surface area contributed by atoms with Crippen molar-refractivity contribution in [2.45, 2.75) is 57.1 Å². The van der Waals surface area contributed by atoms with Gasteiger partial charge in [0, 0.05) is 12.6 Å². The van der Waals surface area contributed by atoms with Gasteiger partial charge in [0.2, 0.25) is 0 Å². The van der Waals surface area contributed by atoms with E-state index in [0.717, 1.165) is 31.8 Å². The smallest absolute Gasteiger partial charge is 0.0669 e. The molecule has 3 heteroatoms. The zero-order valence-electron chi connectivity index (χ0n) is 10.1. The van der Waals surface area contributed by atoms with E-state index in [1.807, 2.05) is 0 Å². The van der Waals surface area contributed by atoms with E-state index in [-0.39, 0.29) is 12.7 Å². The number of aliphatic hydroxyl groups is 2. The van der Waals surface area contributed by atoms with Crippen molar-refractivity contribution in [1.29, 1.82) is 0 Å². The Kier molecular flexibility index (Phi) is 4.62. The molecule has 0 bridgehead atoms. The molecule has 3 nitrogen and oxygen atoms in total. The highest BCUT2D eigenvalue weighted by Crippen LogP contribution is 2.29. The molecule has 2 aliphatic rings. The quantitative estimate of drug-likeness (QED) is 0.746. The Morgan fingerprint density at radius 2 is 1.88 bits per heavy atom. The van der Waals surface area contributed by atoms with E-state index in [1.165, 1.54) is 32.1 Å². The van der Waals surface area contributed by atoms with Gasteiger partial charge in [0.15, 0.2) is 0 Å². The Morgan fingerprint density at radius 1 is 1.12 bits per heavy atom. The maximum Gasteiger partial charge on any atom is 0.0669 e. The summed E-state index contributed by atoms with van der Waals surface area (Å²) in [6, 6.07) is 0.304. The van der Waals surface area contributed by atoms with Gasteiger partial charge in [-0.2, -0.15) is 0 Å². The molecule has 1 saturated heterocycles. The third kappa shape index (κ3) is 3.19. The molecule has 16 heavy (non-hydrogen) atoms. The molecule has 0 aromatic rings. The molecule has 2 atom stereocenters. The molecule has 0 radical (unpaired) electrons. The maximum atomic E-state index is 10.1. The van der Waals surface area contributed by atoms with Gasteiger partial charge >= 0.3 is 0 Å². The predicted octanol–water partition coefficient (Wildman–Crippen LogP) is 1.38. The van der Waals surface area contributed by atoms with Crippen LogP contribution in [0, 0.1) is 5.92 Å². The average Bonchev–Trinajstić information content (AvgIpc) is 2.88. The van der Waals surface area contributed by atoms with Crippen LogP contribution in [0.2, 0.25) is 0 Å². The first kappa shape index (κ1) is 12.3. The Balaban J connectivity index is 1.71. The van der Waals surface area contributed by atoms with E-state index in [9.17, 15) is 10.2 Å². The molecule has 1 aliphatic heterocycles. The van der Waals surface area contributed by atoms with Crippen LogP contribution < -0.4 is 0 Å². The van der Waals surface area contributed by atoms with Crippen molar-refractivity contribution in [3.05, 3.63) is 0 Å². The molecule has 2 N–H and O–H groups in total. The van der Waals surface area contributed by atoms with Crippen molar-refractivity contribution in [2.75, 3.05) is 19.7 Å². The lowest BCUT2D eigenvalue weighted by atomic mass is 10.00. The molecule has 0 aromatic carbocycles. The third-order valence-corrected chi connectivity index (χ3v) is 4.24. The first-order chi connectivity index (χ1) is 7.79. The lowest BCUT2D eigenvalue weighted by Gasteiger charge is -2.26. The van der Waals surface area contributed by atoms with Crippen molar-refractivity contribution in [1.82, 2.24) is 4.90 Å². The van der Waals surface area contributed by atoms with Gasteiger partial charge in [-0.05, 0) is 31.7 Å². The minimum atomic E-state index is -0.185. The van der Waals surface area contributed by atoms with E-state index in [4.69, 9.17) is 0 Å². The van der Waals surface area contributed by atoms with E-state index in [2.05, 4.69) is 4.90 Å². The molecule has 94 valence electrons. The van der Waals surface area contributed by atoms with Gasteiger partial charge in [-0.1, -0.05) is 25.7 Å². The highest BCUT2D eigenvalue weighted by Gasteiger charge is 2.27. The van der Waals surface area contributed by atoms with Crippen LogP contribution in [-0.4, -0.2) is 47.0 Å². The first-order valence-electron chi connectivity index (χ1n) is 6.82. The van der Waals surface area contributed by atoms with E-state index in [0.29, 0.717) is 6.04 Å². The molecule has 2 rings (SSSR count). The summed E-state index contributed by atoms with van der Waals surface area (Å²) < 4.78 is 0. The van der Waals surface area contributed by atoms with Crippen molar-refractivity contribution in [2.24, 2.45) is 5.92 Å². The average molecular weight is 227 g/mol. The van der Waals surface area contributed by atoms with E-state index >= 15 is 0 Å². The van der Waals surface area contributed by atoms with Crippen LogP contribution in [0.15, 0.2) is 0 Å². The van der Waals surface area contributed by atoms with Gasteiger partial charge in [0.25, 0.3) is 0 Å². The topological polar surface area (TPSA) is 43.7 Å². The predicted molar refractivity (Wildman–Crippen MR) is 64.3 cm³/mol. The zero-order valence-corrected chi connectivity index (χ0v) is 10.1. The molecule has 0 amide bonds. The summed E-state index contributed by atoms with van der Waals surface area (Å²) >= 11 is 0. The summed E-state index contributed by atoms with van der Waals surface area (Å²) in [6.07, 6.45) is 8.35. The molecule has 0 aromatic heterocycles. The summed E-state index contributed by atoms with van der Waals surface area (Å²) in [6.45, 7) is 2.06. The second-order valence-electron chi connectivity index (χ2n) is 5.51. The standard InChI is InChI=1S/C13H25NO2/c15-10-12-6-3-7-14(12)9-13(16)8-11-4-1-2-5-11/h11-13,15-16H,1-10H2/t12-,13?/m1/s1. The number of hydrogen-bond acceptors (Lipinski definition) is 3. The first-order valence-corrected chi connectivity index (χ1v) is 6.82. The van der Waals surface area contributed by atoms with E-state index in [1.54, 1.807) is 0 Å². The van der Waals surface area contributed by atoms with Crippen molar-refractivity contribution in [3.8, 4) is 0 Å². The number of nitrogens with zero attached hydrogens (tertiary/aromatic N) is 1. The van der Waals surface area contributed by atoms with Gasteiger partial charge in [-0.15, -0.1) is 0 Å². The van der Waals surface area contributed by atoms with Crippen LogP contribution in [0.25, 0.3) is 0 Å². The highest BCUT2D eigenvalue weighted by molar-refractivity contribution is 4.81. The van der Waals surface area contributed by atoms with Gasteiger partial charge in [0.1, 0.15) is 0 Å². The van der Waals surface area contributed by atoms with Crippen LogP contribution in [0.3, 0.4) is 0 Å². The summed E-state index contributed by atoms with van der Waals surface area (Å²) in [7, 11) is 0. The monoisotopic (exact) mass is 227 g/mol.